The smallest absolute Gasteiger partial charge is 0.152 e. The normalized spacial score (nSPS) is 13.6. The quantitative estimate of drug-likeness (QED) is 0.556. The fourth-order valence-electron chi connectivity index (χ4n) is 1.14. The minimum absolute atomic E-state index is 0.151. The van der Waals surface area contributed by atoms with E-state index in [1.54, 1.807) is 13.0 Å². The van der Waals surface area contributed by atoms with E-state index in [4.69, 9.17) is 0 Å². The maximum atomic E-state index is 10.6. The van der Waals surface area contributed by atoms with Crippen LogP contribution in [-0.4, -0.2) is 5.78 Å². The van der Waals surface area contributed by atoms with Gasteiger partial charge >= 0.3 is 0 Å². The second-order valence-electron chi connectivity index (χ2n) is 3.50. The fourth-order valence-corrected chi connectivity index (χ4v) is 1.14. The first-order valence-electron chi connectivity index (χ1n) is 4.84. The van der Waals surface area contributed by atoms with Crippen molar-refractivity contribution in [3.8, 4) is 0 Å². The molecule has 0 aromatic heterocycles. The summed E-state index contributed by atoms with van der Waals surface area (Å²) in [6, 6.07) is 0. The molecule has 0 aromatic rings. The molecule has 0 aliphatic rings. The van der Waals surface area contributed by atoms with Crippen molar-refractivity contribution in [2.75, 3.05) is 0 Å². The van der Waals surface area contributed by atoms with E-state index >= 15 is 0 Å². The van der Waals surface area contributed by atoms with Crippen LogP contribution < -0.4 is 0 Å². The Morgan fingerprint density at radius 3 is 2.67 bits per heavy atom. The first-order chi connectivity index (χ1) is 5.66. The van der Waals surface area contributed by atoms with E-state index in [0.717, 1.165) is 12.3 Å². The van der Waals surface area contributed by atoms with Gasteiger partial charge in [0.15, 0.2) is 5.78 Å². The van der Waals surface area contributed by atoms with Gasteiger partial charge < -0.3 is 0 Å². The first-order valence-corrected chi connectivity index (χ1v) is 4.84. The Labute approximate surface area is 75.9 Å². The van der Waals surface area contributed by atoms with Gasteiger partial charge in [0.2, 0.25) is 0 Å². The highest BCUT2D eigenvalue weighted by molar-refractivity contribution is 5.87. The van der Waals surface area contributed by atoms with Crippen LogP contribution >= 0.6 is 0 Å². The number of allylic oxidation sites excluding steroid dienone is 2. The van der Waals surface area contributed by atoms with Crippen LogP contribution in [0.2, 0.25) is 0 Å². The van der Waals surface area contributed by atoms with Crippen LogP contribution in [0.1, 0.15) is 46.5 Å². The number of carbonyl (C=O) groups is 1. The summed E-state index contributed by atoms with van der Waals surface area (Å²) in [5.74, 6) is 0.873. The topological polar surface area (TPSA) is 17.1 Å². The molecule has 0 spiro atoms. The number of carbonyl (C=O) groups excluding carboxylic acids is 1. The zero-order valence-corrected chi connectivity index (χ0v) is 8.47. The van der Waals surface area contributed by atoms with Gasteiger partial charge in [0.1, 0.15) is 0 Å². The van der Waals surface area contributed by atoms with Crippen LogP contribution in [0.4, 0.5) is 0 Å². The van der Waals surface area contributed by atoms with Gasteiger partial charge in [0.25, 0.3) is 0 Å². The van der Waals surface area contributed by atoms with E-state index in [0.29, 0.717) is 0 Å². The minimum atomic E-state index is 0.151. The van der Waals surface area contributed by atoms with Crippen LogP contribution in [0, 0.1) is 5.92 Å². The Kier molecular flexibility index (Phi) is 6.73. The summed E-state index contributed by atoms with van der Waals surface area (Å²) in [4.78, 5) is 10.6. The van der Waals surface area contributed by atoms with Crippen molar-refractivity contribution < 1.29 is 4.79 Å². The average molecular weight is 168 g/mol. The maximum Gasteiger partial charge on any atom is 0.152 e. The van der Waals surface area contributed by atoms with Gasteiger partial charge in [-0.15, -0.1) is 0 Å². The standard InChI is InChI=1S/C11H20O/c1-4-5-7-10(2)8-6-9-11(3)12/h6,9-10H,4-5,7-8H2,1-3H3. The largest absolute Gasteiger partial charge is 0.295 e. The van der Waals surface area contributed by atoms with Gasteiger partial charge in [-0.1, -0.05) is 39.2 Å². The minimum Gasteiger partial charge on any atom is -0.295 e. The molecule has 70 valence electrons. The monoisotopic (exact) mass is 168 g/mol. The van der Waals surface area contributed by atoms with Crippen molar-refractivity contribution in [2.24, 2.45) is 5.92 Å². The Morgan fingerprint density at radius 2 is 2.17 bits per heavy atom. The van der Waals surface area contributed by atoms with Gasteiger partial charge in [0, 0.05) is 0 Å². The molecule has 12 heavy (non-hydrogen) atoms. The Balaban J connectivity index is 3.42. The van der Waals surface area contributed by atoms with Gasteiger partial charge in [-0.05, 0) is 25.3 Å². The van der Waals surface area contributed by atoms with Gasteiger partial charge in [0.05, 0.1) is 0 Å². The fraction of sp³-hybridized carbons (Fsp3) is 0.727. The number of unbranched alkanes of at least 4 members (excludes halogenated alkanes) is 1. The van der Waals surface area contributed by atoms with Crippen LogP contribution in [0.15, 0.2) is 12.2 Å². The Bertz CT molecular complexity index is 147. The summed E-state index contributed by atoms with van der Waals surface area (Å²) in [6.07, 6.45) is 8.54. The van der Waals surface area contributed by atoms with E-state index in [1.165, 1.54) is 19.3 Å². The highest BCUT2D eigenvalue weighted by atomic mass is 16.1. The molecule has 0 saturated heterocycles. The molecule has 0 heterocycles. The summed E-state index contributed by atoms with van der Waals surface area (Å²) in [5.41, 5.74) is 0. The van der Waals surface area contributed by atoms with Crippen molar-refractivity contribution in [1.82, 2.24) is 0 Å². The third-order valence-electron chi connectivity index (χ3n) is 1.94. The third-order valence-corrected chi connectivity index (χ3v) is 1.94. The van der Waals surface area contributed by atoms with Gasteiger partial charge in [-0.25, -0.2) is 0 Å². The van der Waals surface area contributed by atoms with Crippen LogP contribution in [-0.2, 0) is 4.79 Å². The number of hydrogen-bond acceptors (Lipinski definition) is 1. The second-order valence-corrected chi connectivity index (χ2v) is 3.50. The first kappa shape index (κ1) is 11.4. The van der Waals surface area contributed by atoms with Crippen molar-refractivity contribution in [3.05, 3.63) is 12.2 Å². The second kappa shape index (κ2) is 7.08. The molecule has 1 nitrogen and oxygen atoms in total. The molecule has 0 radical (unpaired) electrons. The van der Waals surface area contributed by atoms with Crippen LogP contribution in [0.3, 0.4) is 0 Å². The molecule has 1 atom stereocenters. The van der Waals surface area contributed by atoms with Crippen molar-refractivity contribution in [3.63, 3.8) is 0 Å². The highest BCUT2D eigenvalue weighted by Gasteiger charge is 1.97. The molecular weight excluding hydrogens is 148 g/mol. The van der Waals surface area contributed by atoms with Gasteiger partial charge in [-0.2, -0.15) is 0 Å². The molecule has 0 rings (SSSR count). The molecule has 0 aromatic carbocycles. The molecule has 1 heteroatoms. The van der Waals surface area contributed by atoms with Crippen LogP contribution in [0.25, 0.3) is 0 Å². The summed E-state index contributed by atoms with van der Waals surface area (Å²) in [6.45, 7) is 6.03. The number of hydrogen-bond donors (Lipinski definition) is 0. The van der Waals surface area contributed by atoms with Crippen LogP contribution in [0.5, 0.6) is 0 Å². The molecule has 0 aliphatic carbocycles. The summed E-state index contributed by atoms with van der Waals surface area (Å²) in [5, 5.41) is 0. The number of rotatable bonds is 6. The zero-order chi connectivity index (χ0) is 9.40. The summed E-state index contributed by atoms with van der Waals surface area (Å²) >= 11 is 0. The lowest BCUT2D eigenvalue weighted by Gasteiger charge is -2.05. The Morgan fingerprint density at radius 1 is 1.50 bits per heavy atom. The molecule has 0 aliphatic heterocycles. The van der Waals surface area contributed by atoms with E-state index in [1.807, 2.05) is 6.08 Å². The molecular formula is C11H20O. The summed E-state index contributed by atoms with van der Waals surface area (Å²) in [7, 11) is 0. The molecule has 1 unspecified atom stereocenters. The van der Waals surface area contributed by atoms with E-state index in [2.05, 4.69) is 13.8 Å². The third kappa shape index (κ3) is 7.52. The SMILES string of the molecule is CCCCC(C)CC=CC(C)=O. The lowest BCUT2D eigenvalue weighted by molar-refractivity contribution is -0.112. The zero-order valence-electron chi connectivity index (χ0n) is 8.47. The maximum absolute atomic E-state index is 10.6. The Hall–Kier alpha value is -0.590. The lowest BCUT2D eigenvalue weighted by Crippen LogP contribution is -1.92. The van der Waals surface area contributed by atoms with E-state index < -0.39 is 0 Å². The summed E-state index contributed by atoms with van der Waals surface area (Å²) < 4.78 is 0. The van der Waals surface area contributed by atoms with Crippen molar-refractivity contribution in [2.45, 2.75) is 46.5 Å². The predicted octanol–water partition coefficient (Wildman–Crippen LogP) is 3.35. The van der Waals surface area contributed by atoms with E-state index in [-0.39, 0.29) is 5.78 Å². The highest BCUT2D eigenvalue weighted by Crippen LogP contribution is 2.11. The molecule has 0 amide bonds. The predicted molar refractivity (Wildman–Crippen MR) is 53.1 cm³/mol. The average Bonchev–Trinajstić information content (AvgIpc) is 2.00. The van der Waals surface area contributed by atoms with Crippen molar-refractivity contribution in [1.29, 1.82) is 0 Å². The number of ketones is 1. The van der Waals surface area contributed by atoms with Gasteiger partial charge in [-0.3, -0.25) is 4.79 Å². The molecule has 0 N–H and O–H groups in total. The van der Waals surface area contributed by atoms with Crippen molar-refractivity contribution >= 4 is 5.78 Å². The molecule has 0 saturated carbocycles. The van der Waals surface area contributed by atoms with E-state index in [9.17, 15) is 4.79 Å². The molecule has 0 fully saturated rings. The molecule has 0 bridgehead atoms. The lowest BCUT2D eigenvalue weighted by atomic mass is 10.0.